The Labute approximate surface area is 165 Å². The van der Waals surface area contributed by atoms with Crippen LogP contribution in [0, 0.1) is 17.1 Å². The van der Waals surface area contributed by atoms with Gasteiger partial charge in [-0.3, -0.25) is 4.79 Å². The molecule has 1 N–H and O–H groups in total. The summed E-state index contributed by atoms with van der Waals surface area (Å²) in [7, 11) is 3.11. The Kier molecular flexibility index (Phi) is 7.38. The second kappa shape index (κ2) is 9.74. The normalized spacial score (nSPS) is 10.9. The maximum Gasteiger partial charge on any atom is 0.261 e. The van der Waals surface area contributed by atoms with E-state index in [0.29, 0.717) is 28.9 Å². The first-order valence-corrected chi connectivity index (χ1v) is 8.83. The molecule has 5 nitrogen and oxygen atoms in total. The van der Waals surface area contributed by atoms with Gasteiger partial charge in [0.25, 0.3) is 5.91 Å². The van der Waals surface area contributed by atoms with Gasteiger partial charge in [-0.1, -0.05) is 22.0 Å². The van der Waals surface area contributed by atoms with Crippen molar-refractivity contribution in [2.45, 2.75) is 6.42 Å². The molecule has 0 radical (unpaired) electrons. The van der Waals surface area contributed by atoms with Gasteiger partial charge in [0.1, 0.15) is 17.5 Å². The minimum Gasteiger partial charge on any atom is -0.493 e. The predicted molar refractivity (Wildman–Crippen MR) is 104 cm³/mol. The standard InChI is InChI=1S/C20H18BrFN2O3/c1-26-18-6-3-13(9-19(18)27-2)7-8-24-20(25)15(12-23)10-14-11-16(21)4-5-17(14)22/h3-6,9-11H,7-8H2,1-2H3,(H,24,25). The molecule has 2 rings (SSSR count). The van der Waals surface area contributed by atoms with Crippen LogP contribution in [0.5, 0.6) is 11.5 Å². The Bertz CT molecular complexity index is 907. The van der Waals surface area contributed by atoms with Crippen LogP contribution in [0.3, 0.4) is 0 Å². The van der Waals surface area contributed by atoms with E-state index >= 15 is 0 Å². The summed E-state index contributed by atoms with van der Waals surface area (Å²) in [4.78, 5) is 12.2. The second-order valence-electron chi connectivity index (χ2n) is 5.53. The molecular weight excluding hydrogens is 415 g/mol. The third-order valence-electron chi connectivity index (χ3n) is 3.77. The van der Waals surface area contributed by atoms with E-state index in [4.69, 9.17) is 9.47 Å². The van der Waals surface area contributed by atoms with Crippen LogP contribution in [-0.2, 0) is 11.2 Å². The molecule has 0 aromatic heterocycles. The van der Waals surface area contributed by atoms with Crippen LogP contribution in [0.25, 0.3) is 6.08 Å². The van der Waals surface area contributed by atoms with Crippen LogP contribution in [0.1, 0.15) is 11.1 Å². The number of amides is 1. The first-order valence-electron chi connectivity index (χ1n) is 8.04. The zero-order chi connectivity index (χ0) is 19.8. The van der Waals surface area contributed by atoms with Crippen molar-refractivity contribution in [2.24, 2.45) is 0 Å². The van der Waals surface area contributed by atoms with Gasteiger partial charge in [-0.2, -0.15) is 5.26 Å². The molecule has 0 bridgehead atoms. The average Bonchev–Trinajstić information content (AvgIpc) is 2.68. The van der Waals surface area contributed by atoms with E-state index in [1.165, 1.54) is 18.2 Å². The SMILES string of the molecule is COc1ccc(CCNC(=O)C(C#N)=Cc2cc(Br)ccc2F)cc1OC. The summed E-state index contributed by atoms with van der Waals surface area (Å²) in [6, 6.07) is 11.6. The first-order chi connectivity index (χ1) is 13.0. The third-order valence-corrected chi connectivity index (χ3v) is 4.26. The van der Waals surface area contributed by atoms with Gasteiger partial charge in [0.15, 0.2) is 11.5 Å². The van der Waals surface area contributed by atoms with Crippen molar-refractivity contribution in [1.82, 2.24) is 5.32 Å². The number of nitriles is 1. The van der Waals surface area contributed by atoms with Gasteiger partial charge in [0.2, 0.25) is 0 Å². The fourth-order valence-corrected chi connectivity index (χ4v) is 2.76. The molecule has 0 aliphatic carbocycles. The summed E-state index contributed by atoms with van der Waals surface area (Å²) in [5.41, 5.74) is 0.934. The Hall–Kier alpha value is -2.85. The number of hydrogen-bond donors (Lipinski definition) is 1. The Morgan fingerprint density at radius 2 is 1.96 bits per heavy atom. The van der Waals surface area contributed by atoms with E-state index < -0.39 is 11.7 Å². The molecule has 0 fully saturated rings. The Morgan fingerprint density at radius 1 is 1.22 bits per heavy atom. The van der Waals surface area contributed by atoms with Crippen molar-refractivity contribution in [3.8, 4) is 17.6 Å². The maximum atomic E-state index is 13.8. The average molecular weight is 433 g/mol. The zero-order valence-corrected chi connectivity index (χ0v) is 16.5. The number of carbonyl (C=O) groups excluding carboxylic acids is 1. The Morgan fingerprint density at radius 3 is 2.63 bits per heavy atom. The molecule has 2 aromatic carbocycles. The number of nitrogens with zero attached hydrogens (tertiary/aromatic N) is 1. The molecular formula is C20H18BrFN2O3. The van der Waals surface area contributed by atoms with Gasteiger partial charge < -0.3 is 14.8 Å². The van der Waals surface area contributed by atoms with Crippen LogP contribution >= 0.6 is 15.9 Å². The quantitative estimate of drug-likeness (QED) is 0.532. The number of halogens is 2. The van der Waals surface area contributed by atoms with Crippen LogP contribution in [0.4, 0.5) is 4.39 Å². The number of nitrogens with one attached hydrogen (secondary N) is 1. The summed E-state index contributed by atoms with van der Waals surface area (Å²) in [6.07, 6.45) is 1.77. The Balaban J connectivity index is 2.03. The molecule has 1 amide bonds. The molecule has 0 saturated heterocycles. The van der Waals surface area contributed by atoms with E-state index in [1.54, 1.807) is 26.4 Å². The highest BCUT2D eigenvalue weighted by molar-refractivity contribution is 9.10. The lowest BCUT2D eigenvalue weighted by Crippen LogP contribution is -2.26. The van der Waals surface area contributed by atoms with Gasteiger partial charge in [0, 0.05) is 16.6 Å². The summed E-state index contributed by atoms with van der Waals surface area (Å²) >= 11 is 3.24. The monoisotopic (exact) mass is 432 g/mol. The third kappa shape index (κ3) is 5.56. The lowest BCUT2D eigenvalue weighted by Gasteiger charge is -2.10. The fraction of sp³-hybridized carbons (Fsp3) is 0.200. The van der Waals surface area contributed by atoms with Gasteiger partial charge in [0.05, 0.1) is 14.2 Å². The molecule has 27 heavy (non-hydrogen) atoms. The maximum absolute atomic E-state index is 13.8. The molecule has 0 spiro atoms. The number of hydrogen-bond acceptors (Lipinski definition) is 4. The van der Waals surface area contributed by atoms with Gasteiger partial charge in [-0.25, -0.2) is 4.39 Å². The molecule has 140 valence electrons. The van der Waals surface area contributed by atoms with Crippen molar-refractivity contribution >= 4 is 27.9 Å². The van der Waals surface area contributed by atoms with Crippen LogP contribution in [0.15, 0.2) is 46.4 Å². The van der Waals surface area contributed by atoms with Crippen molar-refractivity contribution in [3.63, 3.8) is 0 Å². The second-order valence-corrected chi connectivity index (χ2v) is 6.45. The van der Waals surface area contributed by atoms with Gasteiger partial charge in [-0.15, -0.1) is 0 Å². The van der Waals surface area contributed by atoms with Crippen molar-refractivity contribution in [2.75, 3.05) is 20.8 Å². The summed E-state index contributed by atoms with van der Waals surface area (Å²) in [5, 5.41) is 11.9. The van der Waals surface area contributed by atoms with Crippen LogP contribution < -0.4 is 14.8 Å². The summed E-state index contributed by atoms with van der Waals surface area (Å²) in [5.74, 6) is 0.154. The molecule has 0 aliphatic heterocycles. The minimum atomic E-state index is -0.558. The fourth-order valence-electron chi connectivity index (χ4n) is 2.38. The van der Waals surface area contributed by atoms with Crippen molar-refractivity contribution in [1.29, 1.82) is 5.26 Å². The molecule has 0 atom stereocenters. The number of ether oxygens (including phenoxy) is 2. The van der Waals surface area contributed by atoms with E-state index in [2.05, 4.69) is 21.2 Å². The largest absolute Gasteiger partial charge is 0.493 e. The van der Waals surface area contributed by atoms with Crippen LogP contribution in [0.2, 0.25) is 0 Å². The van der Waals surface area contributed by atoms with E-state index in [-0.39, 0.29) is 11.1 Å². The van der Waals surface area contributed by atoms with Crippen molar-refractivity contribution < 1.29 is 18.7 Å². The first kappa shape index (κ1) is 20.5. The molecule has 0 unspecified atom stereocenters. The van der Waals surface area contributed by atoms with Gasteiger partial charge in [-0.05, 0) is 48.4 Å². The van der Waals surface area contributed by atoms with E-state index in [9.17, 15) is 14.4 Å². The van der Waals surface area contributed by atoms with E-state index in [0.717, 1.165) is 5.56 Å². The number of carbonyl (C=O) groups is 1. The molecule has 2 aromatic rings. The topological polar surface area (TPSA) is 71.3 Å². The van der Waals surface area contributed by atoms with Crippen molar-refractivity contribution in [3.05, 3.63) is 63.4 Å². The lowest BCUT2D eigenvalue weighted by molar-refractivity contribution is -0.117. The highest BCUT2D eigenvalue weighted by Crippen LogP contribution is 2.27. The molecule has 7 heteroatoms. The summed E-state index contributed by atoms with van der Waals surface area (Å²) in [6.45, 7) is 0.314. The highest BCUT2D eigenvalue weighted by atomic mass is 79.9. The molecule has 0 saturated carbocycles. The summed E-state index contributed by atoms with van der Waals surface area (Å²) < 4.78 is 24.9. The number of rotatable bonds is 7. The predicted octanol–water partition coefficient (Wildman–Crippen LogP) is 3.87. The molecule has 0 aliphatic rings. The number of benzene rings is 2. The van der Waals surface area contributed by atoms with Gasteiger partial charge >= 0.3 is 0 Å². The smallest absolute Gasteiger partial charge is 0.261 e. The minimum absolute atomic E-state index is 0.163. The zero-order valence-electron chi connectivity index (χ0n) is 14.9. The molecule has 0 heterocycles. The van der Waals surface area contributed by atoms with Crippen LogP contribution in [-0.4, -0.2) is 26.7 Å². The number of methoxy groups -OCH3 is 2. The lowest BCUT2D eigenvalue weighted by atomic mass is 10.1. The van der Waals surface area contributed by atoms with E-state index in [1.807, 2.05) is 18.2 Å². The highest BCUT2D eigenvalue weighted by Gasteiger charge is 2.11.